The van der Waals surface area contributed by atoms with E-state index in [2.05, 4.69) is 41.9 Å². The average Bonchev–Trinajstić information content (AvgIpc) is 2.92. The van der Waals surface area contributed by atoms with Crippen LogP contribution in [0.15, 0.2) is 18.2 Å². The van der Waals surface area contributed by atoms with Gasteiger partial charge in [0.2, 0.25) is 0 Å². The highest BCUT2D eigenvalue weighted by atomic mass is 16.2. The number of aryl methyl sites for hydroxylation is 1. The van der Waals surface area contributed by atoms with E-state index in [1.54, 1.807) is 0 Å². The molecule has 0 radical (unpaired) electrons. The summed E-state index contributed by atoms with van der Waals surface area (Å²) < 4.78 is 0. The van der Waals surface area contributed by atoms with Gasteiger partial charge in [-0.3, -0.25) is 4.79 Å². The molecule has 1 saturated heterocycles. The quantitative estimate of drug-likeness (QED) is 0.866. The van der Waals surface area contributed by atoms with Crippen molar-refractivity contribution in [2.45, 2.75) is 39.7 Å². The number of carbonyl (C=O) groups excluding carboxylic acids is 1. The molecule has 128 valence electrons. The third-order valence-electron chi connectivity index (χ3n) is 5.75. The second-order valence-corrected chi connectivity index (χ2v) is 7.82. The smallest absolute Gasteiger partial charge is 0.278 e. The van der Waals surface area contributed by atoms with Gasteiger partial charge < -0.3 is 14.8 Å². The number of nitrogens with zero attached hydrogens (tertiary/aromatic N) is 1. The number of benzene rings is 1. The Morgan fingerprint density at radius 3 is 3.12 bits per heavy atom. The summed E-state index contributed by atoms with van der Waals surface area (Å²) in [4.78, 5) is 19.9. The van der Waals surface area contributed by atoms with Gasteiger partial charge in [-0.05, 0) is 31.9 Å². The monoisotopic (exact) mass is 326 g/mol. The fourth-order valence-electron chi connectivity index (χ4n) is 4.42. The predicted molar refractivity (Wildman–Crippen MR) is 96.1 cm³/mol. The van der Waals surface area contributed by atoms with Crippen LogP contribution in [0.3, 0.4) is 0 Å². The van der Waals surface area contributed by atoms with Crippen molar-refractivity contribution in [3.05, 3.63) is 35.0 Å². The fourth-order valence-corrected chi connectivity index (χ4v) is 4.42. The standard InChI is InChI=1S/C20H27N3O/c1-14-5-6-18-16(10-14)17-12-23(9-7-19(17)21-18)20(24)13-22-8-3-4-15(2)11-22/h5-6,10,15,21H,3-4,7-9,11-13H2,1-2H3/p+1/t15-/m1/s1. The van der Waals surface area contributed by atoms with Gasteiger partial charge in [0.25, 0.3) is 5.91 Å². The summed E-state index contributed by atoms with van der Waals surface area (Å²) in [6.07, 6.45) is 3.52. The number of carbonyl (C=O) groups is 1. The Kier molecular flexibility index (Phi) is 4.09. The van der Waals surface area contributed by atoms with Crippen molar-refractivity contribution in [3.8, 4) is 0 Å². The van der Waals surface area contributed by atoms with Crippen molar-refractivity contribution in [1.29, 1.82) is 0 Å². The molecule has 3 heterocycles. The summed E-state index contributed by atoms with van der Waals surface area (Å²) in [6.45, 7) is 9.02. The molecular weight excluding hydrogens is 298 g/mol. The van der Waals surface area contributed by atoms with Crippen LogP contribution in [0, 0.1) is 12.8 Å². The maximum absolute atomic E-state index is 12.8. The molecular formula is C20H28N3O+. The van der Waals surface area contributed by atoms with Crippen LogP contribution in [0.1, 0.15) is 36.6 Å². The summed E-state index contributed by atoms with van der Waals surface area (Å²) in [5, 5.41) is 1.29. The van der Waals surface area contributed by atoms with Crippen LogP contribution in [0.4, 0.5) is 0 Å². The molecule has 0 bridgehead atoms. The van der Waals surface area contributed by atoms with Crippen molar-refractivity contribution in [1.82, 2.24) is 9.88 Å². The molecule has 2 aromatic rings. The Labute approximate surface area is 143 Å². The second kappa shape index (κ2) is 6.25. The molecule has 0 saturated carbocycles. The predicted octanol–water partition coefficient (Wildman–Crippen LogP) is 1.68. The summed E-state index contributed by atoms with van der Waals surface area (Å²) in [5.74, 6) is 1.08. The number of quaternary nitrogens is 1. The molecule has 1 amide bonds. The van der Waals surface area contributed by atoms with Crippen LogP contribution >= 0.6 is 0 Å². The van der Waals surface area contributed by atoms with Crippen LogP contribution in [0.2, 0.25) is 0 Å². The van der Waals surface area contributed by atoms with Gasteiger partial charge >= 0.3 is 0 Å². The maximum Gasteiger partial charge on any atom is 0.278 e. The van der Waals surface area contributed by atoms with Crippen molar-refractivity contribution >= 4 is 16.8 Å². The van der Waals surface area contributed by atoms with E-state index in [9.17, 15) is 4.79 Å². The number of fused-ring (bicyclic) bond motifs is 3. The van der Waals surface area contributed by atoms with Crippen LogP contribution < -0.4 is 4.90 Å². The summed E-state index contributed by atoms with van der Waals surface area (Å²) in [5.41, 5.74) is 5.13. The SMILES string of the molecule is Cc1ccc2[nH]c3c(c2c1)CN(C(=O)C[NH+]1CCC[C@@H](C)C1)CC3. The number of amides is 1. The minimum atomic E-state index is 0.326. The molecule has 1 aromatic heterocycles. The summed E-state index contributed by atoms with van der Waals surface area (Å²) in [6, 6.07) is 6.55. The molecule has 0 aliphatic carbocycles. The van der Waals surface area contributed by atoms with Gasteiger partial charge in [-0.1, -0.05) is 18.6 Å². The Bertz CT molecular complexity index is 764. The summed E-state index contributed by atoms with van der Waals surface area (Å²) in [7, 11) is 0. The number of aromatic amines is 1. The topological polar surface area (TPSA) is 40.5 Å². The van der Waals surface area contributed by atoms with E-state index in [-0.39, 0.29) is 0 Å². The average molecular weight is 326 g/mol. The third-order valence-corrected chi connectivity index (χ3v) is 5.75. The van der Waals surface area contributed by atoms with E-state index in [0.29, 0.717) is 12.5 Å². The molecule has 1 aromatic carbocycles. The highest BCUT2D eigenvalue weighted by molar-refractivity contribution is 5.86. The molecule has 1 unspecified atom stereocenters. The largest absolute Gasteiger partial charge is 0.358 e. The molecule has 4 rings (SSSR count). The molecule has 2 aliphatic rings. The van der Waals surface area contributed by atoms with Gasteiger partial charge in [0.15, 0.2) is 6.54 Å². The van der Waals surface area contributed by atoms with Crippen LogP contribution in [-0.2, 0) is 17.8 Å². The Hall–Kier alpha value is -1.81. The minimum Gasteiger partial charge on any atom is -0.358 e. The van der Waals surface area contributed by atoms with E-state index < -0.39 is 0 Å². The van der Waals surface area contributed by atoms with Crippen LogP contribution in [0.25, 0.3) is 10.9 Å². The summed E-state index contributed by atoms with van der Waals surface area (Å²) >= 11 is 0. The third kappa shape index (κ3) is 2.95. The lowest BCUT2D eigenvalue weighted by molar-refractivity contribution is -0.900. The van der Waals surface area contributed by atoms with Crippen molar-refractivity contribution in [2.75, 3.05) is 26.2 Å². The molecule has 4 heteroatoms. The first kappa shape index (κ1) is 15.7. The van der Waals surface area contributed by atoms with Crippen molar-refractivity contribution in [2.24, 2.45) is 5.92 Å². The van der Waals surface area contributed by atoms with Crippen LogP contribution in [-0.4, -0.2) is 42.0 Å². The molecule has 2 N–H and O–H groups in total. The zero-order valence-electron chi connectivity index (χ0n) is 14.8. The second-order valence-electron chi connectivity index (χ2n) is 7.82. The molecule has 2 atom stereocenters. The van der Waals surface area contributed by atoms with E-state index in [0.717, 1.165) is 38.5 Å². The zero-order valence-corrected chi connectivity index (χ0v) is 14.8. The molecule has 24 heavy (non-hydrogen) atoms. The number of hydrogen-bond donors (Lipinski definition) is 2. The molecule has 0 spiro atoms. The maximum atomic E-state index is 12.8. The van der Waals surface area contributed by atoms with Gasteiger partial charge in [-0.15, -0.1) is 0 Å². The van der Waals surface area contributed by atoms with Crippen LogP contribution in [0.5, 0.6) is 0 Å². The molecule has 1 fully saturated rings. The molecule has 2 aliphatic heterocycles. The lowest BCUT2D eigenvalue weighted by atomic mass is 10.00. The van der Waals surface area contributed by atoms with Crippen molar-refractivity contribution in [3.63, 3.8) is 0 Å². The normalized spacial score (nSPS) is 24.2. The number of piperidine rings is 1. The zero-order chi connectivity index (χ0) is 16.7. The highest BCUT2D eigenvalue weighted by Gasteiger charge is 2.28. The highest BCUT2D eigenvalue weighted by Crippen LogP contribution is 2.28. The first-order valence-corrected chi connectivity index (χ1v) is 9.31. The lowest BCUT2D eigenvalue weighted by Gasteiger charge is -2.31. The molecule has 4 nitrogen and oxygen atoms in total. The van der Waals surface area contributed by atoms with E-state index in [4.69, 9.17) is 0 Å². The number of likely N-dealkylation sites (tertiary alicyclic amines) is 1. The first-order valence-electron chi connectivity index (χ1n) is 9.31. The van der Waals surface area contributed by atoms with Gasteiger partial charge in [0, 0.05) is 47.6 Å². The number of rotatable bonds is 2. The Morgan fingerprint density at radius 2 is 2.29 bits per heavy atom. The number of H-pyrrole nitrogens is 1. The van der Waals surface area contributed by atoms with E-state index in [1.165, 1.54) is 45.5 Å². The number of hydrogen-bond acceptors (Lipinski definition) is 1. The minimum absolute atomic E-state index is 0.326. The van der Waals surface area contributed by atoms with Gasteiger partial charge in [0.1, 0.15) is 0 Å². The number of nitrogens with one attached hydrogen (secondary N) is 2. The van der Waals surface area contributed by atoms with Gasteiger partial charge in [-0.2, -0.15) is 0 Å². The lowest BCUT2D eigenvalue weighted by Crippen LogP contribution is -3.14. The van der Waals surface area contributed by atoms with Gasteiger partial charge in [-0.25, -0.2) is 0 Å². The van der Waals surface area contributed by atoms with Crippen molar-refractivity contribution < 1.29 is 9.69 Å². The van der Waals surface area contributed by atoms with E-state index >= 15 is 0 Å². The Morgan fingerprint density at radius 1 is 1.42 bits per heavy atom. The fraction of sp³-hybridized carbons (Fsp3) is 0.550. The Balaban J connectivity index is 1.50. The van der Waals surface area contributed by atoms with E-state index in [1.807, 2.05) is 0 Å². The number of aromatic nitrogens is 1. The van der Waals surface area contributed by atoms with Gasteiger partial charge in [0.05, 0.1) is 13.1 Å². The first-order chi connectivity index (χ1) is 11.6.